The Kier molecular flexibility index (Phi) is 4.33. The summed E-state index contributed by atoms with van der Waals surface area (Å²) in [6.45, 7) is 0.588. The van der Waals surface area contributed by atoms with Crippen LogP contribution in [-0.2, 0) is 13.5 Å². The van der Waals surface area contributed by atoms with Gasteiger partial charge >= 0.3 is 0 Å². The van der Waals surface area contributed by atoms with Gasteiger partial charge in [-0.05, 0) is 30.2 Å². The first-order chi connectivity index (χ1) is 11.2. The lowest BCUT2D eigenvalue weighted by atomic mass is 10.1. The normalized spacial score (nSPS) is 10.7. The Morgan fingerprint density at radius 2 is 1.87 bits per heavy atom. The number of aromatic nitrogens is 1. The second-order valence-corrected chi connectivity index (χ2v) is 5.49. The molecule has 0 aliphatic rings. The fourth-order valence-electron chi connectivity index (χ4n) is 2.86. The van der Waals surface area contributed by atoms with Crippen LogP contribution in [0, 0.1) is 0 Å². The summed E-state index contributed by atoms with van der Waals surface area (Å²) in [5.41, 5.74) is 3.01. The first kappa shape index (κ1) is 15.2. The number of fused-ring (bicyclic) bond motifs is 1. The van der Waals surface area contributed by atoms with Crippen molar-refractivity contribution in [1.29, 1.82) is 0 Å². The molecule has 1 aromatic heterocycles. The summed E-state index contributed by atoms with van der Waals surface area (Å²) in [5.74, 6) is 0.484. The van der Waals surface area contributed by atoms with Crippen molar-refractivity contribution >= 4 is 16.8 Å². The van der Waals surface area contributed by atoms with Gasteiger partial charge in [0, 0.05) is 30.7 Å². The molecule has 118 valence electrons. The second-order valence-electron chi connectivity index (χ2n) is 5.49. The zero-order valence-corrected chi connectivity index (χ0v) is 13.4. The van der Waals surface area contributed by atoms with Crippen LogP contribution in [0.5, 0.6) is 5.75 Å². The predicted octanol–water partition coefficient (Wildman–Crippen LogP) is 3.16. The second kappa shape index (κ2) is 6.57. The lowest BCUT2D eigenvalue weighted by Crippen LogP contribution is -2.26. The monoisotopic (exact) mass is 308 g/mol. The van der Waals surface area contributed by atoms with Crippen molar-refractivity contribution in [1.82, 2.24) is 9.88 Å². The maximum absolute atomic E-state index is 12.3. The van der Waals surface area contributed by atoms with E-state index < -0.39 is 0 Å². The van der Waals surface area contributed by atoms with Gasteiger partial charge in [0.15, 0.2) is 0 Å². The zero-order chi connectivity index (χ0) is 16.2. The van der Waals surface area contributed by atoms with Crippen molar-refractivity contribution in [2.24, 2.45) is 7.05 Å². The molecule has 4 heteroatoms. The van der Waals surface area contributed by atoms with E-state index in [-0.39, 0.29) is 5.91 Å². The highest BCUT2D eigenvalue weighted by molar-refractivity contribution is 5.96. The summed E-state index contributed by atoms with van der Waals surface area (Å²) in [5, 5.41) is 4.21. The van der Waals surface area contributed by atoms with Crippen LogP contribution in [0.15, 0.2) is 54.7 Å². The number of hydrogen-bond acceptors (Lipinski definition) is 2. The van der Waals surface area contributed by atoms with E-state index in [9.17, 15) is 4.79 Å². The van der Waals surface area contributed by atoms with Gasteiger partial charge in [-0.3, -0.25) is 4.79 Å². The highest BCUT2D eigenvalue weighted by atomic mass is 16.5. The van der Waals surface area contributed by atoms with E-state index in [2.05, 4.69) is 28.2 Å². The summed E-state index contributed by atoms with van der Waals surface area (Å²) in [6, 6.07) is 15.5. The van der Waals surface area contributed by atoms with Crippen LogP contribution < -0.4 is 10.1 Å². The van der Waals surface area contributed by atoms with E-state index in [1.807, 2.05) is 31.3 Å². The third kappa shape index (κ3) is 3.06. The van der Waals surface area contributed by atoms with E-state index >= 15 is 0 Å². The number of amides is 1. The molecule has 0 aliphatic heterocycles. The smallest absolute Gasteiger partial charge is 0.255 e. The molecule has 0 aliphatic carbocycles. The highest BCUT2D eigenvalue weighted by Gasteiger charge is 2.11. The molecule has 3 rings (SSSR count). The van der Waals surface area contributed by atoms with Gasteiger partial charge in [-0.25, -0.2) is 0 Å². The van der Waals surface area contributed by atoms with Gasteiger partial charge in [-0.1, -0.05) is 30.3 Å². The topological polar surface area (TPSA) is 43.3 Å². The lowest BCUT2D eigenvalue weighted by Gasteiger charge is -2.08. The molecule has 3 aromatic rings. The van der Waals surface area contributed by atoms with E-state index in [0.717, 1.165) is 6.42 Å². The maximum Gasteiger partial charge on any atom is 0.255 e. The van der Waals surface area contributed by atoms with Crippen molar-refractivity contribution in [3.63, 3.8) is 0 Å². The molecule has 0 spiro atoms. The minimum atomic E-state index is -0.109. The van der Waals surface area contributed by atoms with E-state index in [0.29, 0.717) is 17.9 Å². The standard InChI is InChI=1S/C19H20N2O2/c1-21-13-14(15-7-3-5-9-17(15)21)11-12-20-19(22)16-8-4-6-10-18(16)23-2/h3-10,13H,11-12H2,1-2H3,(H,20,22). The molecule has 0 saturated carbocycles. The van der Waals surface area contributed by atoms with E-state index in [1.165, 1.54) is 16.5 Å². The van der Waals surface area contributed by atoms with Crippen LogP contribution in [0.1, 0.15) is 15.9 Å². The van der Waals surface area contributed by atoms with Gasteiger partial charge in [0.1, 0.15) is 5.75 Å². The Bertz CT molecular complexity index is 836. The molecule has 0 fully saturated rings. The maximum atomic E-state index is 12.3. The van der Waals surface area contributed by atoms with E-state index in [4.69, 9.17) is 4.74 Å². The molecule has 1 heterocycles. The highest BCUT2D eigenvalue weighted by Crippen LogP contribution is 2.21. The van der Waals surface area contributed by atoms with Gasteiger partial charge in [0.25, 0.3) is 5.91 Å². The number of nitrogens with one attached hydrogen (secondary N) is 1. The molecule has 1 N–H and O–H groups in total. The number of ether oxygens (including phenoxy) is 1. The Labute approximate surface area is 135 Å². The molecule has 0 saturated heterocycles. The molecule has 0 radical (unpaired) electrons. The molecular formula is C19H20N2O2. The minimum Gasteiger partial charge on any atom is -0.496 e. The number of para-hydroxylation sites is 2. The van der Waals surface area contributed by atoms with Gasteiger partial charge in [0.2, 0.25) is 0 Å². The van der Waals surface area contributed by atoms with E-state index in [1.54, 1.807) is 19.2 Å². The van der Waals surface area contributed by atoms with Gasteiger partial charge in [-0.15, -0.1) is 0 Å². The Balaban J connectivity index is 1.68. The fraction of sp³-hybridized carbons (Fsp3) is 0.211. The molecule has 0 atom stereocenters. The molecule has 0 unspecified atom stereocenters. The number of carbonyl (C=O) groups excluding carboxylic acids is 1. The zero-order valence-electron chi connectivity index (χ0n) is 13.4. The molecular weight excluding hydrogens is 288 g/mol. The summed E-state index contributed by atoms with van der Waals surface area (Å²) in [4.78, 5) is 12.3. The van der Waals surface area contributed by atoms with Crippen LogP contribution in [0.3, 0.4) is 0 Å². The SMILES string of the molecule is COc1ccccc1C(=O)NCCc1cn(C)c2ccccc12. The molecule has 4 nitrogen and oxygen atoms in total. The third-order valence-electron chi connectivity index (χ3n) is 4.01. The average Bonchev–Trinajstić information content (AvgIpc) is 2.91. The molecule has 0 bridgehead atoms. The number of aryl methyl sites for hydroxylation is 1. The summed E-state index contributed by atoms with van der Waals surface area (Å²) >= 11 is 0. The van der Waals surface area contributed by atoms with Gasteiger partial charge in [0.05, 0.1) is 12.7 Å². The van der Waals surface area contributed by atoms with Crippen molar-refractivity contribution in [3.8, 4) is 5.75 Å². The van der Waals surface area contributed by atoms with Crippen molar-refractivity contribution in [3.05, 3.63) is 65.9 Å². The van der Waals surface area contributed by atoms with Crippen LogP contribution in [-0.4, -0.2) is 24.1 Å². The van der Waals surface area contributed by atoms with Crippen molar-refractivity contribution in [2.75, 3.05) is 13.7 Å². The Morgan fingerprint density at radius 1 is 1.13 bits per heavy atom. The quantitative estimate of drug-likeness (QED) is 0.787. The van der Waals surface area contributed by atoms with Crippen LogP contribution in [0.2, 0.25) is 0 Å². The largest absolute Gasteiger partial charge is 0.496 e. The number of rotatable bonds is 5. The minimum absolute atomic E-state index is 0.109. The van der Waals surface area contributed by atoms with Crippen LogP contribution >= 0.6 is 0 Å². The van der Waals surface area contributed by atoms with Gasteiger partial charge < -0.3 is 14.6 Å². The van der Waals surface area contributed by atoms with Gasteiger partial charge in [-0.2, -0.15) is 0 Å². The summed E-state index contributed by atoms with van der Waals surface area (Å²) in [7, 11) is 3.61. The fourth-order valence-corrected chi connectivity index (χ4v) is 2.86. The Morgan fingerprint density at radius 3 is 2.70 bits per heavy atom. The molecule has 23 heavy (non-hydrogen) atoms. The number of hydrogen-bond donors (Lipinski definition) is 1. The van der Waals surface area contributed by atoms with Crippen molar-refractivity contribution < 1.29 is 9.53 Å². The summed E-state index contributed by atoms with van der Waals surface area (Å²) in [6.07, 6.45) is 2.92. The third-order valence-corrected chi connectivity index (χ3v) is 4.01. The predicted molar refractivity (Wildman–Crippen MR) is 92.0 cm³/mol. The number of benzene rings is 2. The lowest BCUT2D eigenvalue weighted by molar-refractivity contribution is 0.0951. The Hall–Kier alpha value is -2.75. The number of carbonyl (C=O) groups is 1. The average molecular weight is 308 g/mol. The van der Waals surface area contributed by atoms with Crippen LogP contribution in [0.25, 0.3) is 10.9 Å². The number of nitrogens with zero attached hydrogens (tertiary/aromatic N) is 1. The molecule has 2 aromatic carbocycles. The first-order valence-corrected chi connectivity index (χ1v) is 7.65. The summed E-state index contributed by atoms with van der Waals surface area (Å²) < 4.78 is 7.35. The first-order valence-electron chi connectivity index (χ1n) is 7.65. The number of methoxy groups -OCH3 is 1. The van der Waals surface area contributed by atoms with Crippen molar-refractivity contribution in [2.45, 2.75) is 6.42 Å². The van der Waals surface area contributed by atoms with Crippen LogP contribution in [0.4, 0.5) is 0 Å². The molecule has 1 amide bonds.